The van der Waals surface area contributed by atoms with E-state index in [1.807, 2.05) is 12.2 Å². The first kappa shape index (κ1) is 11.1. The van der Waals surface area contributed by atoms with E-state index in [1.54, 1.807) is 6.07 Å². The molecule has 2 N–H and O–H groups in total. The summed E-state index contributed by atoms with van der Waals surface area (Å²) < 4.78 is 25.8. The molecule has 1 aromatic heterocycles. The van der Waals surface area contributed by atoms with Crippen molar-refractivity contribution in [2.75, 3.05) is 18.8 Å². The molecule has 86 valence electrons. The molecule has 0 aromatic carbocycles. The molecule has 1 aliphatic rings. The molecule has 2 heterocycles. The van der Waals surface area contributed by atoms with Gasteiger partial charge in [-0.05, 0) is 18.6 Å². The fourth-order valence-corrected chi connectivity index (χ4v) is 3.07. The van der Waals surface area contributed by atoms with Gasteiger partial charge in [0.2, 0.25) is 10.0 Å². The summed E-state index contributed by atoms with van der Waals surface area (Å²) in [5.41, 5.74) is 5.58. The minimum Gasteiger partial charge on any atom is -0.383 e. The fraction of sp³-hybridized carbons (Fsp3) is 0.300. The van der Waals surface area contributed by atoms with Gasteiger partial charge in [0, 0.05) is 19.3 Å². The lowest BCUT2D eigenvalue weighted by molar-refractivity contribution is 0.437. The molecule has 0 fully saturated rings. The number of nitrogen functional groups attached to an aromatic ring is 1. The first-order valence-electron chi connectivity index (χ1n) is 4.98. The molecule has 0 bridgehead atoms. The number of anilines is 1. The quantitative estimate of drug-likeness (QED) is 0.767. The standard InChI is InChI=1S/C10H13N3O2S/c11-10-9(5-4-6-12-10)16(14,15)13-7-2-1-3-8-13/h1-2,4-6H,3,7-8H2,(H2,11,12). The Hall–Kier alpha value is -1.40. The average molecular weight is 239 g/mol. The average Bonchev–Trinajstić information content (AvgIpc) is 2.30. The Morgan fingerprint density at radius 1 is 1.38 bits per heavy atom. The van der Waals surface area contributed by atoms with Crippen molar-refractivity contribution >= 4 is 15.8 Å². The Balaban J connectivity index is 2.39. The number of hydrogen-bond acceptors (Lipinski definition) is 4. The van der Waals surface area contributed by atoms with Crippen LogP contribution in [0.1, 0.15) is 6.42 Å². The van der Waals surface area contributed by atoms with E-state index in [0.29, 0.717) is 13.1 Å². The molecule has 0 unspecified atom stereocenters. The van der Waals surface area contributed by atoms with Crippen LogP contribution in [0.15, 0.2) is 35.4 Å². The van der Waals surface area contributed by atoms with Gasteiger partial charge in [-0.3, -0.25) is 0 Å². The maximum Gasteiger partial charge on any atom is 0.247 e. The third-order valence-corrected chi connectivity index (χ3v) is 4.35. The van der Waals surface area contributed by atoms with Crippen molar-refractivity contribution in [3.05, 3.63) is 30.5 Å². The Labute approximate surface area is 94.6 Å². The molecule has 16 heavy (non-hydrogen) atoms. The molecule has 0 atom stereocenters. The van der Waals surface area contributed by atoms with Gasteiger partial charge in [0.15, 0.2) is 0 Å². The second-order valence-corrected chi connectivity index (χ2v) is 5.42. The van der Waals surface area contributed by atoms with E-state index >= 15 is 0 Å². The van der Waals surface area contributed by atoms with Crippen molar-refractivity contribution in [3.63, 3.8) is 0 Å². The molecule has 0 amide bonds. The van der Waals surface area contributed by atoms with Crippen molar-refractivity contribution in [1.29, 1.82) is 0 Å². The molecule has 0 saturated heterocycles. The van der Waals surface area contributed by atoms with Gasteiger partial charge in [-0.15, -0.1) is 0 Å². The van der Waals surface area contributed by atoms with E-state index in [4.69, 9.17) is 5.73 Å². The molecule has 0 aliphatic carbocycles. The summed E-state index contributed by atoms with van der Waals surface area (Å²) in [5.74, 6) is 0.0528. The van der Waals surface area contributed by atoms with Gasteiger partial charge in [0.25, 0.3) is 0 Å². The molecule has 5 nitrogen and oxygen atoms in total. The number of pyridine rings is 1. The summed E-state index contributed by atoms with van der Waals surface area (Å²) in [6, 6.07) is 3.05. The molecule has 1 aromatic rings. The van der Waals surface area contributed by atoms with Gasteiger partial charge in [-0.2, -0.15) is 4.31 Å². The topological polar surface area (TPSA) is 76.3 Å². The number of nitrogens with zero attached hydrogens (tertiary/aromatic N) is 2. The Morgan fingerprint density at radius 2 is 2.19 bits per heavy atom. The maximum atomic E-state index is 12.2. The number of aromatic nitrogens is 1. The molecule has 6 heteroatoms. The van der Waals surface area contributed by atoms with E-state index < -0.39 is 10.0 Å². The van der Waals surface area contributed by atoms with Gasteiger partial charge < -0.3 is 5.73 Å². The normalized spacial score (nSPS) is 17.5. The van der Waals surface area contributed by atoms with Gasteiger partial charge in [-0.25, -0.2) is 13.4 Å². The van der Waals surface area contributed by atoms with Crippen molar-refractivity contribution in [3.8, 4) is 0 Å². The molecule has 0 spiro atoms. The second-order valence-electron chi connectivity index (χ2n) is 3.51. The van der Waals surface area contributed by atoms with Crippen LogP contribution in [0.4, 0.5) is 5.82 Å². The van der Waals surface area contributed by atoms with Crippen LogP contribution < -0.4 is 5.73 Å². The van der Waals surface area contributed by atoms with E-state index in [-0.39, 0.29) is 10.7 Å². The Bertz CT molecular complexity index is 511. The summed E-state index contributed by atoms with van der Waals surface area (Å²) in [6.07, 6.45) is 6.02. The first-order valence-corrected chi connectivity index (χ1v) is 6.42. The van der Waals surface area contributed by atoms with Gasteiger partial charge >= 0.3 is 0 Å². The van der Waals surface area contributed by atoms with E-state index in [2.05, 4.69) is 4.98 Å². The summed E-state index contributed by atoms with van der Waals surface area (Å²) in [7, 11) is -3.50. The van der Waals surface area contributed by atoms with E-state index in [9.17, 15) is 8.42 Å². The maximum absolute atomic E-state index is 12.2. The number of hydrogen-bond donors (Lipinski definition) is 1. The number of sulfonamides is 1. The van der Waals surface area contributed by atoms with Crippen LogP contribution in [-0.4, -0.2) is 30.8 Å². The third-order valence-electron chi connectivity index (χ3n) is 2.44. The summed E-state index contributed by atoms with van der Waals surface area (Å²) in [5, 5.41) is 0. The highest BCUT2D eigenvalue weighted by atomic mass is 32.2. The van der Waals surface area contributed by atoms with Crippen molar-refractivity contribution < 1.29 is 8.42 Å². The smallest absolute Gasteiger partial charge is 0.247 e. The van der Waals surface area contributed by atoms with Crippen molar-refractivity contribution in [2.24, 2.45) is 0 Å². The highest BCUT2D eigenvalue weighted by Gasteiger charge is 2.26. The zero-order valence-corrected chi connectivity index (χ0v) is 9.52. The molecular weight excluding hydrogens is 226 g/mol. The van der Waals surface area contributed by atoms with Gasteiger partial charge in [-0.1, -0.05) is 12.2 Å². The minimum atomic E-state index is -3.50. The Kier molecular flexibility index (Phi) is 2.93. The van der Waals surface area contributed by atoms with E-state index in [0.717, 1.165) is 6.42 Å². The lowest BCUT2D eigenvalue weighted by Crippen LogP contribution is -2.34. The predicted molar refractivity (Wildman–Crippen MR) is 61.2 cm³/mol. The highest BCUT2D eigenvalue weighted by molar-refractivity contribution is 7.89. The second kappa shape index (κ2) is 4.23. The van der Waals surface area contributed by atoms with E-state index in [1.165, 1.54) is 16.6 Å². The zero-order valence-electron chi connectivity index (χ0n) is 8.70. The summed E-state index contributed by atoms with van der Waals surface area (Å²) in [4.78, 5) is 3.88. The van der Waals surface area contributed by atoms with Crippen molar-refractivity contribution in [1.82, 2.24) is 9.29 Å². The molecule has 0 radical (unpaired) electrons. The minimum absolute atomic E-state index is 0.0528. The summed E-state index contributed by atoms with van der Waals surface area (Å²) >= 11 is 0. The van der Waals surface area contributed by atoms with Crippen LogP contribution in [0.2, 0.25) is 0 Å². The van der Waals surface area contributed by atoms with Crippen LogP contribution in [-0.2, 0) is 10.0 Å². The molecule has 1 aliphatic heterocycles. The molecule has 0 saturated carbocycles. The van der Waals surface area contributed by atoms with Crippen LogP contribution >= 0.6 is 0 Å². The SMILES string of the molecule is Nc1ncccc1S(=O)(=O)N1CC=CCC1. The van der Waals surface area contributed by atoms with Crippen LogP contribution in [0.5, 0.6) is 0 Å². The van der Waals surface area contributed by atoms with Crippen LogP contribution in [0.25, 0.3) is 0 Å². The molecule has 2 rings (SSSR count). The Morgan fingerprint density at radius 3 is 2.81 bits per heavy atom. The lowest BCUT2D eigenvalue weighted by Gasteiger charge is -2.22. The fourth-order valence-electron chi connectivity index (χ4n) is 1.60. The third kappa shape index (κ3) is 1.94. The number of nitrogens with two attached hydrogens (primary N) is 1. The van der Waals surface area contributed by atoms with Crippen LogP contribution in [0, 0.1) is 0 Å². The monoisotopic (exact) mass is 239 g/mol. The zero-order chi connectivity index (χ0) is 11.6. The predicted octanol–water partition coefficient (Wildman–Crippen LogP) is 0.614. The highest BCUT2D eigenvalue weighted by Crippen LogP contribution is 2.21. The van der Waals surface area contributed by atoms with Crippen molar-refractivity contribution in [2.45, 2.75) is 11.3 Å². The van der Waals surface area contributed by atoms with Gasteiger partial charge in [0.05, 0.1) is 0 Å². The first-order chi connectivity index (χ1) is 7.62. The number of rotatable bonds is 2. The molecular formula is C10H13N3O2S. The largest absolute Gasteiger partial charge is 0.383 e. The summed E-state index contributed by atoms with van der Waals surface area (Å²) in [6.45, 7) is 0.893. The van der Waals surface area contributed by atoms with Crippen LogP contribution in [0.3, 0.4) is 0 Å². The van der Waals surface area contributed by atoms with Gasteiger partial charge in [0.1, 0.15) is 10.7 Å². The lowest BCUT2D eigenvalue weighted by atomic mass is 10.3.